The highest BCUT2D eigenvalue weighted by Gasteiger charge is 2.59. The number of methoxy groups -OCH3 is 1. The van der Waals surface area contributed by atoms with Crippen LogP contribution >= 0.6 is 0 Å². The second-order valence-corrected chi connectivity index (χ2v) is 14.9. The van der Waals surface area contributed by atoms with Crippen LogP contribution in [-0.2, 0) is 83.3 Å². The molecule has 20 nitrogen and oxygen atoms in total. The Morgan fingerprint density at radius 3 is 2.02 bits per heavy atom. The fourth-order valence-electron chi connectivity index (χ4n) is 6.12. The minimum absolute atomic E-state index is 0.0602. The van der Waals surface area contributed by atoms with Gasteiger partial charge in [-0.2, -0.15) is 13.1 Å². The second-order valence-electron chi connectivity index (χ2n) is 13.3. The van der Waals surface area contributed by atoms with Crippen LogP contribution in [0.15, 0.2) is 48.5 Å². The minimum Gasteiger partial charge on any atom is -0.465 e. The van der Waals surface area contributed by atoms with Gasteiger partial charge < -0.3 is 47.9 Å². The molecule has 3 rings (SSSR count). The minimum atomic E-state index is -4.42. The normalized spacial score (nSPS) is 19.6. The number of nitrogens with one attached hydrogen (secondary N) is 3. The van der Waals surface area contributed by atoms with Crippen LogP contribution in [0.5, 0.6) is 5.75 Å². The molecule has 2 aromatic carbocycles. The van der Waals surface area contributed by atoms with E-state index in [-0.39, 0.29) is 39.5 Å². The van der Waals surface area contributed by atoms with Gasteiger partial charge in [0.25, 0.3) is 16.0 Å². The molecule has 6 atom stereocenters. The Hall–Kier alpha value is -5.47. The molecule has 1 heterocycles. The molecule has 1 aliphatic rings. The molecule has 1 aliphatic heterocycles. The fourth-order valence-corrected chi connectivity index (χ4v) is 6.89. The number of carbonyl (C=O) groups is 6. The number of amides is 1. The molecule has 21 heteroatoms. The van der Waals surface area contributed by atoms with E-state index in [2.05, 4.69) is 20.7 Å². The van der Waals surface area contributed by atoms with Crippen molar-refractivity contribution in [2.75, 3.05) is 53.7 Å². The summed E-state index contributed by atoms with van der Waals surface area (Å²) in [5.74, 6) is -4.75. The zero-order chi connectivity index (χ0) is 45.2. The first-order chi connectivity index (χ1) is 28.9. The number of hydrogen-bond donors (Lipinski definition) is 3. The van der Waals surface area contributed by atoms with Crippen molar-refractivity contribution in [1.82, 2.24) is 14.8 Å². The summed E-state index contributed by atoms with van der Waals surface area (Å²) in [6.07, 6.45) is -2.54. The maximum absolute atomic E-state index is 13.6. The number of hydrogen-bond acceptors (Lipinski definition) is 17. The summed E-state index contributed by atoms with van der Waals surface area (Å²) in [4.78, 5) is 75.9. The molecule has 0 unspecified atom stereocenters. The van der Waals surface area contributed by atoms with Crippen molar-refractivity contribution >= 4 is 46.0 Å². The third-order valence-electron chi connectivity index (χ3n) is 8.62. The Bertz CT molecular complexity index is 1970. The first-order valence-electron chi connectivity index (χ1n) is 18.8. The van der Waals surface area contributed by atoms with Crippen LogP contribution in [0.2, 0.25) is 0 Å². The van der Waals surface area contributed by atoms with Crippen molar-refractivity contribution in [3.63, 3.8) is 0 Å². The predicted octanol–water partition coefficient (Wildman–Crippen LogP) is 0.496. The lowest BCUT2D eigenvalue weighted by molar-refractivity contribution is -0.314. The van der Waals surface area contributed by atoms with Crippen LogP contribution in [0, 0.1) is 12.3 Å². The Labute approximate surface area is 353 Å². The molecular formula is C40H51N3O17S. The molecule has 0 aliphatic carbocycles. The van der Waals surface area contributed by atoms with Gasteiger partial charge in [-0.3, -0.25) is 24.0 Å². The molecule has 0 saturated carbocycles. The van der Waals surface area contributed by atoms with Crippen LogP contribution in [0.25, 0.3) is 11.1 Å². The molecule has 334 valence electrons. The van der Waals surface area contributed by atoms with Gasteiger partial charge in [-0.15, -0.1) is 6.42 Å². The van der Waals surface area contributed by atoms with Crippen LogP contribution in [0.3, 0.4) is 0 Å². The summed E-state index contributed by atoms with van der Waals surface area (Å²) in [7, 11) is -2.33. The molecule has 0 radical (unpaired) electrons. The van der Waals surface area contributed by atoms with Gasteiger partial charge in [0, 0.05) is 34.7 Å². The molecule has 0 spiro atoms. The van der Waals surface area contributed by atoms with E-state index < -0.39 is 95.2 Å². The fraction of sp³-hybridized carbons (Fsp3) is 0.500. The number of esters is 5. The van der Waals surface area contributed by atoms with Crippen LogP contribution in [0.1, 0.15) is 39.7 Å². The van der Waals surface area contributed by atoms with E-state index in [1.807, 2.05) is 0 Å². The van der Waals surface area contributed by atoms with Gasteiger partial charge in [0.05, 0.1) is 59.0 Å². The summed E-state index contributed by atoms with van der Waals surface area (Å²) >= 11 is 0. The van der Waals surface area contributed by atoms with Crippen molar-refractivity contribution in [3.05, 3.63) is 54.1 Å². The van der Waals surface area contributed by atoms with E-state index in [9.17, 15) is 37.2 Å². The standard InChI is InChI=1S/C40H51N3O17S/c1-8-17-53-18-19-54-20-21-55-40(39(49)52-7)23-33(57-26(3)45)36(43-61(50,51)41-6)38(60-40)37(59-28(5)47)34(58-27(4)46)24-42-35(48)22-29-9-11-30(12-10-29)31-13-15-32(16-14-31)56-25(2)44/h1,9-16,33-34,36-38,41,43H,17-24H2,2-7H3,(H,42,48)/t33-,34+,36+,37+,38+,40+/m0/s1. The molecular weight excluding hydrogens is 827 g/mol. The SMILES string of the molecule is C#CCOCCOCCO[C@]1(C(=O)OC)C[C@H](OC(C)=O)[C@@H](NS(=O)(=O)NC)[C@H]([C@H](OC(C)=O)[C@@H](CNC(=O)Cc2ccc(-c3ccc(OC(C)=O)cc3)cc2)OC(C)=O)O1. The molecule has 3 N–H and O–H groups in total. The summed E-state index contributed by atoms with van der Waals surface area (Å²) in [6, 6.07) is 12.2. The molecule has 1 saturated heterocycles. The Kier molecular flexibility index (Phi) is 19.7. The van der Waals surface area contributed by atoms with Gasteiger partial charge in [-0.05, 0) is 28.8 Å². The van der Waals surface area contributed by atoms with Crippen LogP contribution in [0.4, 0.5) is 0 Å². The largest absolute Gasteiger partial charge is 0.465 e. The van der Waals surface area contributed by atoms with E-state index in [0.717, 1.165) is 46.1 Å². The third kappa shape index (κ3) is 16.1. The molecule has 2 aromatic rings. The van der Waals surface area contributed by atoms with Crippen LogP contribution in [-0.4, -0.2) is 134 Å². The van der Waals surface area contributed by atoms with Gasteiger partial charge in [0.15, 0.2) is 12.2 Å². The van der Waals surface area contributed by atoms with Crippen molar-refractivity contribution in [3.8, 4) is 29.2 Å². The quantitative estimate of drug-likeness (QED) is 0.0452. The lowest BCUT2D eigenvalue weighted by Crippen LogP contribution is -2.70. The van der Waals surface area contributed by atoms with Crippen molar-refractivity contribution < 1.29 is 79.8 Å². The molecule has 1 amide bonds. The Morgan fingerprint density at radius 1 is 0.852 bits per heavy atom. The average Bonchev–Trinajstić information content (AvgIpc) is 3.20. The molecule has 1 fully saturated rings. The van der Waals surface area contributed by atoms with E-state index >= 15 is 0 Å². The number of rotatable bonds is 23. The second kappa shape index (κ2) is 24.1. The van der Waals surface area contributed by atoms with E-state index in [1.165, 1.54) is 6.92 Å². The smallest absolute Gasteiger partial charge is 0.366 e. The maximum Gasteiger partial charge on any atom is 0.366 e. The van der Waals surface area contributed by atoms with Crippen molar-refractivity contribution in [1.29, 1.82) is 0 Å². The average molecular weight is 878 g/mol. The Balaban J connectivity index is 1.96. The number of benzene rings is 2. The first kappa shape index (κ1) is 49.9. The number of carbonyl (C=O) groups excluding carboxylic acids is 6. The van der Waals surface area contributed by atoms with Crippen LogP contribution < -0.4 is 19.5 Å². The summed E-state index contributed by atoms with van der Waals surface area (Å²) in [5, 5.41) is 2.64. The summed E-state index contributed by atoms with van der Waals surface area (Å²) < 4.78 is 80.0. The van der Waals surface area contributed by atoms with E-state index in [4.69, 9.17) is 49.1 Å². The summed E-state index contributed by atoms with van der Waals surface area (Å²) in [6.45, 7) is 3.65. The topological polar surface area (TPSA) is 256 Å². The third-order valence-corrected chi connectivity index (χ3v) is 9.74. The maximum atomic E-state index is 13.6. The van der Waals surface area contributed by atoms with Gasteiger partial charge in [0.2, 0.25) is 5.91 Å². The van der Waals surface area contributed by atoms with Crippen molar-refractivity contribution in [2.24, 2.45) is 0 Å². The zero-order valence-corrected chi connectivity index (χ0v) is 35.4. The van der Waals surface area contributed by atoms with Gasteiger partial charge >= 0.3 is 29.8 Å². The monoisotopic (exact) mass is 877 g/mol. The number of ether oxygens (including phenoxy) is 9. The highest BCUT2D eigenvalue weighted by molar-refractivity contribution is 7.87. The lowest BCUT2D eigenvalue weighted by atomic mass is 9.88. The first-order valence-corrected chi connectivity index (χ1v) is 20.3. The van der Waals surface area contributed by atoms with E-state index in [0.29, 0.717) is 11.3 Å². The molecule has 0 aromatic heterocycles. The Morgan fingerprint density at radius 2 is 1.46 bits per heavy atom. The van der Waals surface area contributed by atoms with E-state index in [1.54, 1.807) is 48.5 Å². The van der Waals surface area contributed by atoms with Crippen molar-refractivity contribution in [2.45, 2.75) is 76.8 Å². The lowest BCUT2D eigenvalue weighted by Gasteiger charge is -2.48. The summed E-state index contributed by atoms with van der Waals surface area (Å²) in [5.41, 5.74) is 2.22. The highest BCUT2D eigenvalue weighted by atomic mass is 32.2. The zero-order valence-electron chi connectivity index (χ0n) is 34.6. The van der Waals surface area contributed by atoms with Gasteiger partial charge in [-0.25, -0.2) is 9.52 Å². The van der Waals surface area contributed by atoms with Gasteiger partial charge in [0.1, 0.15) is 24.6 Å². The number of terminal acetylenes is 1. The highest BCUT2D eigenvalue weighted by Crippen LogP contribution is 2.37. The molecule has 61 heavy (non-hydrogen) atoms. The van der Waals surface area contributed by atoms with Gasteiger partial charge in [-0.1, -0.05) is 42.3 Å². The predicted molar refractivity (Wildman–Crippen MR) is 212 cm³/mol. The molecule has 0 bridgehead atoms.